The smallest absolute Gasteiger partial charge is 0.303 e. The lowest BCUT2D eigenvalue weighted by molar-refractivity contribution is -0.137. The zero-order valence-corrected chi connectivity index (χ0v) is 17.4. The van der Waals surface area contributed by atoms with Crippen molar-refractivity contribution in [1.82, 2.24) is 15.1 Å². The van der Waals surface area contributed by atoms with E-state index >= 15 is 0 Å². The van der Waals surface area contributed by atoms with Crippen molar-refractivity contribution in [3.05, 3.63) is 24.3 Å². The molecule has 168 valence electrons. The molecule has 2 heterocycles. The molecule has 10 nitrogen and oxygen atoms in total. The molecule has 1 aromatic rings. The first-order valence-corrected chi connectivity index (χ1v) is 10.6. The minimum Gasteiger partial charge on any atom is -0.481 e. The second-order valence-corrected chi connectivity index (χ2v) is 7.89. The van der Waals surface area contributed by atoms with E-state index in [1.165, 1.54) is 0 Å². The van der Waals surface area contributed by atoms with Gasteiger partial charge in [0.2, 0.25) is 17.7 Å². The Morgan fingerprint density at radius 2 is 1.81 bits per heavy atom. The molecule has 1 atom stereocenters. The van der Waals surface area contributed by atoms with Crippen LogP contribution in [0.1, 0.15) is 25.7 Å². The lowest BCUT2D eigenvalue weighted by Crippen LogP contribution is -2.48. The standard InChI is InChI=1S/C21H29N5O5/c27-18-7-6-17(21(31)24-18)22-15-3-1-4-16(13-15)23-19(28)14-26-11-9-25(10-12-26)8-2-5-20(29)30/h1,3-4,13,17,22H,2,5-12,14H2,(H,23,28)(H,29,30)(H,24,27,31). The Labute approximate surface area is 181 Å². The van der Waals surface area contributed by atoms with Crippen molar-refractivity contribution in [1.29, 1.82) is 0 Å². The summed E-state index contributed by atoms with van der Waals surface area (Å²) in [6.07, 6.45) is 1.55. The number of carboxylic acid groups (broad SMARTS) is 1. The topological polar surface area (TPSA) is 131 Å². The number of hydrogen-bond acceptors (Lipinski definition) is 7. The number of piperazine rings is 1. The number of amides is 3. The number of nitrogens with one attached hydrogen (secondary N) is 3. The van der Waals surface area contributed by atoms with Gasteiger partial charge in [-0.1, -0.05) is 6.07 Å². The van der Waals surface area contributed by atoms with Crippen molar-refractivity contribution in [3.8, 4) is 0 Å². The number of anilines is 2. The lowest BCUT2D eigenvalue weighted by atomic mass is 10.1. The average Bonchev–Trinajstić information content (AvgIpc) is 2.71. The van der Waals surface area contributed by atoms with Crippen LogP contribution >= 0.6 is 0 Å². The molecule has 31 heavy (non-hydrogen) atoms. The molecule has 0 saturated carbocycles. The number of nitrogens with zero attached hydrogens (tertiary/aromatic N) is 2. The molecule has 0 radical (unpaired) electrons. The summed E-state index contributed by atoms with van der Waals surface area (Å²) in [7, 11) is 0. The van der Waals surface area contributed by atoms with E-state index in [-0.39, 0.29) is 30.7 Å². The third kappa shape index (κ3) is 7.34. The third-order valence-electron chi connectivity index (χ3n) is 5.42. The molecule has 1 aromatic carbocycles. The second-order valence-electron chi connectivity index (χ2n) is 7.89. The first-order chi connectivity index (χ1) is 14.9. The third-order valence-corrected chi connectivity index (χ3v) is 5.42. The molecular formula is C21H29N5O5. The maximum Gasteiger partial charge on any atom is 0.303 e. The van der Waals surface area contributed by atoms with Crippen LogP contribution in [0.4, 0.5) is 11.4 Å². The van der Waals surface area contributed by atoms with Crippen LogP contribution in [0.2, 0.25) is 0 Å². The van der Waals surface area contributed by atoms with Crippen molar-refractivity contribution in [3.63, 3.8) is 0 Å². The van der Waals surface area contributed by atoms with Gasteiger partial charge in [-0.25, -0.2) is 0 Å². The molecule has 0 aliphatic carbocycles. The highest BCUT2D eigenvalue weighted by Gasteiger charge is 2.26. The summed E-state index contributed by atoms with van der Waals surface area (Å²) >= 11 is 0. The molecule has 2 fully saturated rings. The predicted molar refractivity (Wildman–Crippen MR) is 115 cm³/mol. The number of carboxylic acids is 1. The van der Waals surface area contributed by atoms with Gasteiger partial charge in [-0.2, -0.15) is 0 Å². The molecule has 10 heteroatoms. The first kappa shape index (κ1) is 22.7. The highest BCUT2D eigenvalue weighted by atomic mass is 16.4. The number of rotatable bonds is 9. The Morgan fingerprint density at radius 1 is 1.10 bits per heavy atom. The highest BCUT2D eigenvalue weighted by Crippen LogP contribution is 2.18. The van der Waals surface area contributed by atoms with Crippen molar-refractivity contribution >= 4 is 35.1 Å². The Kier molecular flexibility index (Phi) is 7.96. The zero-order valence-electron chi connectivity index (χ0n) is 17.4. The van der Waals surface area contributed by atoms with Gasteiger partial charge in [-0.05, 0) is 37.6 Å². The van der Waals surface area contributed by atoms with E-state index < -0.39 is 12.0 Å². The molecule has 1 unspecified atom stereocenters. The Hall–Kier alpha value is -2.98. The van der Waals surface area contributed by atoms with Crippen LogP contribution in [0.5, 0.6) is 0 Å². The molecule has 2 aliphatic heterocycles. The van der Waals surface area contributed by atoms with Crippen LogP contribution in [-0.4, -0.2) is 83.9 Å². The number of aliphatic carboxylic acids is 1. The van der Waals surface area contributed by atoms with Crippen LogP contribution in [0.15, 0.2) is 24.3 Å². The molecule has 0 spiro atoms. The summed E-state index contributed by atoms with van der Waals surface area (Å²) in [5.74, 6) is -1.48. The van der Waals surface area contributed by atoms with Gasteiger partial charge in [0.1, 0.15) is 6.04 Å². The Morgan fingerprint density at radius 3 is 2.52 bits per heavy atom. The summed E-state index contributed by atoms with van der Waals surface area (Å²) < 4.78 is 0. The minimum atomic E-state index is -0.772. The number of piperidine rings is 1. The van der Waals surface area contributed by atoms with E-state index in [9.17, 15) is 19.2 Å². The minimum absolute atomic E-state index is 0.113. The van der Waals surface area contributed by atoms with Gasteiger partial charge in [-0.3, -0.25) is 29.4 Å². The van der Waals surface area contributed by atoms with Crippen molar-refractivity contribution in [2.75, 3.05) is 49.9 Å². The largest absolute Gasteiger partial charge is 0.481 e. The van der Waals surface area contributed by atoms with Crippen LogP contribution in [0.3, 0.4) is 0 Å². The van der Waals surface area contributed by atoms with E-state index in [1.807, 2.05) is 6.07 Å². The summed E-state index contributed by atoms with van der Waals surface area (Å²) in [5, 5.41) is 17.0. The Balaban J connectivity index is 1.42. The average molecular weight is 431 g/mol. The molecule has 3 rings (SSSR count). The van der Waals surface area contributed by atoms with E-state index in [1.54, 1.807) is 18.2 Å². The van der Waals surface area contributed by atoms with Gasteiger partial charge >= 0.3 is 5.97 Å². The van der Waals surface area contributed by atoms with Gasteiger partial charge in [0.15, 0.2) is 0 Å². The summed E-state index contributed by atoms with van der Waals surface area (Å²) in [4.78, 5) is 50.5. The number of benzene rings is 1. The fraction of sp³-hybridized carbons (Fsp3) is 0.524. The van der Waals surface area contributed by atoms with Gasteiger partial charge in [-0.15, -0.1) is 0 Å². The first-order valence-electron chi connectivity index (χ1n) is 10.6. The van der Waals surface area contributed by atoms with Crippen molar-refractivity contribution in [2.24, 2.45) is 0 Å². The second kappa shape index (κ2) is 10.9. The van der Waals surface area contributed by atoms with Gasteiger partial charge < -0.3 is 20.6 Å². The number of carbonyl (C=O) groups is 4. The van der Waals surface area contributed by atoms with E-state index in [0.717, 1.165) is 32.7 Å². The summed E-state index contributed by atoms with van der Waals surface area (Å²) in [5.41, 5.74) is 1.33. The van der Waals surface area contributed by atoms with E-state index in [0.29, 0.717) is 30.6 Å². The summed E-state index contributed by atoms with van der Waals surface area (Å²) in [6, 6.07) is 6.67. The highest BCUT2D eigenvalue weighted by molar-refractivity contribution is 6.01. The molecule has 3 amide bonds. The van der Waals surface area contributed by atoms with Gasteiger partial charge in [0.05, 0.1) is 6.54 Å². The van der Waals surface area contributed by atoms with Crippen molar-refractivity contribution < 1.29 is 24.3 Å². The fourth-order valence-electron chi connectivity index (χ4n) is 3.75. The summed E-state index contributed by atoms with van der Waals surface area (Å²) in [6.45, 7) is 4.21. The Bertz CT molecular complexity index is 822. The van der Waals surface area contributed by atoms with E-state index in [4.69, 9.17) is 5.11 Å². The maximum atomic E-state index is 12.4. The van der Waals surface area contributed by atoms with Crippen LogP contribution in [0.25, 0.3) is 0 Å². The number of imide groups is 1. The van der Waals surface area contributed by atoms with Crippen molar-refractivity contribution in [2.45, 2.75) is 31.7 Å². The molecule has 4 N–H and O–H groups in total. The fourth-order valence-corrected chi connectivity index (χ4v) is 3.75. The number of carbonyl (C=O) groups excluding carboxylic acids is 3. The number of hydrogen-bond donors (Lipinski definition) is 4. The SMILES string of the molecule is O=C(O)CCCN1CCN(CC(=O)Nc2cccc(NC3CCC(=O)NC3=O)c2)CC1. The lowest BCUT2D eigenvalue weighted by Gasteiger charge is -2.34. The molecule has 2 saturated heterocycles. The molecular weight excluding hydrogens is 402 g/mol. The molecule has 0 aromatic heterocycles. The quantitative estimate of drug-likeness (QED) is 0.411. The maximum absolute atomic E-state index is 12.4. The van der Waals surface area contributed by atoms with E-state index in [2.05, 4.69) is 25.8 Å². The van der Waals surface area contributed by atoms with Gasteiger partial charge in [0.25, 0.3) is 0 Å². The zero-order chi connectivity index (χ0) is 22.2. The molecule has 0 bridgehead atoms. The monoisotopic (exact) mass is 431 g/mol. The predicted octanol–water partition coefficient (Wildman–Crippen LogP) is 0.325. The van der Waals surface area contributed by atoms with Gasteiger partial charge in [0, 0.05) is 50.4 Å². The van der Waals surface area contributed by atoms with Crippen LogP contribution in [0, 0.1) is 0 Å². The van der Waals surface area contributed by atoms with Crippen LogP contribution < -0.4 is 16.0 Å². The molecule has 2 aliphatic rings. The normalized spacial score (nSPS) is 20.2. The van der Waals surface area contributed by atoms with Crippen LogP contribution in [-0.2, 0) is 19.2 Å².